The predicted octanol–water partition coefficient (Wildman–Crippen LogP) is 3.45. The Bertz CT molecular complexity index is 797. The van der Waals surface area contributed by atoms with Crippen molar-refractivity contribution in [1.29, 1.82) is 0 Å². The molecule has 3 heteroatoms. The third-order valence-corrected chi connectivity index (χ3v) is 3.44. The Balaban J connectivity index is 2.18. The van der Waals surface area contributed by atoms with Crippen molar-refractivity contribution in [3.63, 3.8) is 0 Å². The second kappa shape index (κ2) is 4.85. The second-order valence-corrected chi connectivity index (χ2v) is 4.96. The maximum Gasteiger partial charge on any atom is 0.274 e. The lowest BCUT2D eigenvalue weighted by molar-refractivity contribution is 0.851. The van der Waals surface area contributed by atoms with Crippen LogP contribution in [0.1, 0.15) is 11.1 Å². The van der Waals surface area contributed by atoms with Crippen LogP contribution in [0, 0.1) is 13.8 Å². The summed E-state index contributed by atoms with van der Waals surface area (Å²) >= 11 is 0. The van der Waals surface area contributed by atoms with Crippen molar-refractivity contribution in [2.75, 3.05) is 0 Å². The highest BCUT2D eigenvalue weighted by Gasteiger charge is 2.12. The van der Waals surface area contributed by atoms with Crippen molar-refractivity contribution in [2.24, 2.45) is 0 Å². The molecule has 1 heterocycles. The first-order valence-electron chi connectivity index (χ1n) is 6.61. The average molecular weight is 264 g/mol. The van der Waals surface area contributed by atoms with Gasteiger partial charge in [0.25, 0.3) is 5.56 Å². The van der Waals surface area contributed by atoms with Crippen molar-refractivity contribution in [3.05, 3.63) is 76.1 Å². The molecule has 3 aromatic rings. The minimum atomic E-state index is -0.00675. The third-order valence-electron chi connectivity index (χ3n) is 3.44. The number of aryl methyl sites for hydroxylation is 1. The van der Waals surface area contributed by atoms with Gasteiger partial charge in [0.05, 0.1) is 11.4 Å². The van der Waals surface area contributed by atoms with Crippen LogP contribution in [0.25, 0.3) is 16.9 Å². The number of benzene rings is 2. The molecule has 0 aliphatic heterocycles. The van der Waals surface area contributed by atoms with Gasteiger partial charge in [-0.1, -0.05) is 42.0 Å². The number of aromatic nitrogens is 2. The van der Waals surface area contributed by atoms with Crippen molar-refractivity contribution < 1.29 is 0 Å². The van der Waals surface area contributed by atoms with Gasteiger partial charge in [0.2, 0.25) is 0 Å². The lowest BCUT2D eigenvalue weighted by Gasteiger charge is -2.02. The molecule has 1 N–H and O–H groups in total. The van der Waals surface area contributed by atoms with E-state index in [1.807, 2.05) is 62.4 Å². The van der Waals surface area contributed by atoms with Gasteiger partial charge in [-0.05, 0) is 32.0 Å². The summed E-state index contributed by atoms with van der Waals surface area (Å²) in [5.74, 6) is 0. The molecule has 2 aromatic carbocycles. The van der Waals surface area contributed by atoms with E-state index in [1.54, 1.807) is 4.68 Å². The molecule has 0 aliphatic carbocycles. The average Bonchev–Trinajstić information content (AvgIpc) is 2.76. The summed E-state index contributed by atoms with van der Waals surface area (Å²) in [4.78, 5) is 12.4. The first-order chi connectivity index (χ1) is 9.66. The number of nitrogens with one attached hydrogen (secondary N) is 1. The van der Waals surface area contributed by atoms with Gasteiger partial charge < -0.3 is 0 Å². The molecule has 100 valence electrons. The van der Waals surface area contributed by atoms with Crippen LogP contribution in [0.3, 0.4) is 0 Å². The number of hydrogen-bond donors (Lipinski definition) is 1. The van der Waals surface area contributed by atoms with E-state index >= 15 is 0 Å². The minimum Gasteiger partial charge on any atom is -0.290 e. The van der Waals surface area contributed by atoms with E-state index in [4.69, 9.17) is 0 Å². The fourth-order valence-electron chi connectivity index (χ4n) is 2.36. The van der Waals surface area contributed by atoms with E-state index in [2.05, 4.69) is 11.2 Å². The number of aromatic amines is 1. The molecular weight excluding hydrogens is 248 g/mol. The summed E-state index contributed by atoms with van der Waals surface area (Å²) in [6, 6.07) is 17.7. The van der Waals surface area contributed by atoms with Gasteiger partial charge in [0, 0.05) is 11.1 Å². The maximum absolute atomic E-state index is 12.4. The Kier molecular flexibility index (Phi) is 3.03. The van der Waals surface area contributed by atoms with Crippen LogP contribution in [0.15, 0.2) is 59.4 Å². The monoisotopic (exact) mass is 264 g/mol. The largest absolute Gasteiger partial charge is 0.290 e. The smallest absolute Gasteiger partial charge is 0.274 e. The normalized spacial score (nSPS) is 10.7. The Hall–Kier alpha value is -2.55. The number of hydrogen-bond acceptors (Lipinski definition) is 1. The van der Waals surface area contributed by atoms with E-state index in [0.717, 1.165) is 22.5 Å². The van der Waals surface area contributed by atoms with Crippen LogP contribution in [0.4, 0.5) is 0 Å². The molecule has 0 saturated carbocycles. The van der Waals surface area contributed by atoms with Crippen molar-refractivity contribution in [2.45, 2.75) is 13.8 Å². The molecule has 3 nitrogen and oxygen atoms in total. The molecule has 20 heavy (non-hydrogen) atoms. The van der Waals surface area contributed by atoms with E-state index in [0.29, 0.717) is 0 Å². The van der Waals surface area contributed by atoms with Gasteiger partial charge in [0.15, 0.2) is 0 Å². The summed E-state index contributed by atoms with van der Waals surface area (Å²) < 4.78 is 1.59. The molecule has 0 aliphatic rings. The van der Waals surface area contributed by atoms with Crippen molar-refractivity contribution in [3.8, 4) is 16.9 Å². The maximum atomic E-state index is 12.4. The summed E-state index contributed by atoms with van der Waals surface area (Å²) in [5.41, 5.74) is 4.67. The quantitative estimate of drug-likeness (QED) is 0.756. The summed E-state index contributed by atoms with van der Waals surface area (Å²) in [7, 11) is 0. The first-order valence-corrected chi connectivity index (χ1v) is 6.61. The number of para-hydroxylation sites is 1. The van der Waals surface area contributed by atoms with Gasteiger partial charge in [-0.15, -0.1) is 0 Å². The van der Waals surface area contributed by atoms with Gasteiger partial charge in [-0.3, -0.25) is 9.89 Å². The summed E-state index contributed by atoms with van der Waals surface area (Å²) in [6.07, 6.45) is 0. The molecule has 0 unspecified atom stereocenters. The standard InChI is InChI=1S/C17H16N2O/c1-12-7-6-8-14(11-12)16-13(2)17(20)19(18-16)15-9-4-3-5-10-15/h3-11,18H,1-2H3. The molecule has 0 bridgehead atoms. The molecule has 1 aromatic heterocycles. The molecular formula is C17H16N2O. The highest BCUT2D eigenvalue weighted by molar-refractivity contribution is 5.63. The summed E-state index contributed by atoms with van der Waals surface area (Å²) in [5, 5.41) is 3.21. The van der Waals surface area contributed by atoms with Crippen LogP contribution in [-0.2, 0) is 0 Å². The van der Waals surface area contributed by atoms with Crippen LogP contribution in [0.2, 0.25) is 0 Å². The van der Waals surface area contributed by atoms with Gasteiger partial charge in [-0.25, -0.2) is 4.68 Å². The Labute approximate surface area is 117 Å². The minimum absolute atomic E-state index is 0.00675. The zero-order valence-corrected chi connectivity index (χ0v) is 11.6. The zero-order valence-electron chi connectivity index (χ0n) is 11.6. The predicted molar refractivity (Wildman–Crippen MR) is 81.3 cm³/mol. The first kappa shape index (κ1) is 12.5. The highest BCUT2D eigenvalue weighted by Crippen LogP contribution is 2.21. The second-order valence-electron chi connectivity index (χ2n) is 4.96. The van der Waals surface area contributed by atoms with E-state index in [-0.39, 0.29) is 5.56 Å². The fourth-order valence-corrected chi connectivity index (χ4v) is 2.36. The van der Waals surface area contributed by atoms with Gasteiger partial charge >= 0.3 is 0 Å². The van der Waals surface area contributed by atoms with Gasteiger partial charge in [-0.2, -0.15) is 0 Å². The third kappa shape index (κ3) is 2.07. The van der Waals surface area contributed by atoms with Gasteiger partial charge in [0.1, 0.15) is 0 Å². The van der Waals surface area contributed by atoms with Crippen LogP contribution < -0.4 is 5.56 Å². The van der Waals surface area contributed by atoms with E-state index < -0.39 is 0 Å². The summed E-state index contributed by atoms with van der Waals surface area (Å²) in [6.45, 7) is 3.90. The fraction of sp³-hybridized carbons (Fsp3) is 0.118. The molecule has 0 saturated heterocycles. The molecule has 3 rings (SSSR count). The SMILES string of the molecule is Cc1cccc(-c2[nH]n(-c3ccccc3)c(=O)c2C)c1. The number of rotatable bonds is 2. The van der Waals surface area contributed by atoms with Crippen LogP contribution in [0.5, 0.6) is 0 Å². The molecule has 0 amide bonds. The highest BCUT2D eigenvalue weighted by atomic mass is 16.1. The van der Waals surface area contributed by atoms with E-state index in [1.165, 1.54) is 5.56 Å². The topological polar surface area (TPSA) is 37.8 Å². The van der Waals surface area contributed by atoms with E-state index in [9.17, 15) is 4.79 Å². The molecule has 0 fully saturated rings. The lowest BCUT2D eigenvalue weighted by Crippen LogP contribution is -2.15. The zero-order chi connectivity index (χ0) is 14.1. The molecule has 0 spiro atoms. The lowest BCUT2D eigenvalue weighted by atomic mass is 10.1. The Morgan fingerprint density at radius 1 is 0.950 bits per heavy atom. The Morgan fingerprint density at radius 2 is 1.70 bits per heavy atom. The Morgan fingerprint density at radius 3 is 2.40 bits per heavy atom. The van der Waals surface area contributed by atoms with Crippen molar-refractivity contribution in [1.82, 2.24) is 9.78 Å². The van der Waals surface area contributed by atoms with Crippen LogP contribution >= 0.6 is 0 Å². The van der Waals surface area contributed by atoms with Crippen molar-refractivity contribution >= 4 is 0 Å². The number of nitrogens with zero attached hydrogens (tertiary/aromatic N) is 1. The molecule has 0 atom stereocenters. The molecule has 0 radical (unpaired) electrons. The number of H-pyrrole nitrogens is 1. The van der Waals surface area contributed by atoms with Crippen LogP contribution in [-0.4, -0.2) is 9.78 Å².